The van der Waals surface area contributed by atoms with Crippen LogP contribution in [0, 0.1) is 29.0 Å². The molecule has 1 aromatic carbocycles. The number of carbonyl (C=O) groups is 4. The lowest BCUT2D eigenvalue weighted by Gasteiger charge is -2.34. The molecule has 7 nitrogen and oxygen atoms in total. The van der Waals surface area contributed by atoms with Crippen LogP contribution in [0.25, 0.3) is 0 Å². The van der Waals surface area contributed by atoms with Crippen LogP contribution in [0.1, 0.15) is 57.9 Å². The van der Waals surface area contributed by atoms with Crippen LogP contribution in [-0.2, 0) is 25.6 Å². The maximum atomic E-state index is 13.9. The van der Waals surface area contributed by atoms with Gasteiger partial charge in [0, 0.05) is 24.4 Å². The average molecular weight is 520 g/mol. The highest BCUT2D eigenvalue weighted by molar-refractivity contribution is 6.30. The van der Waals surface area contributed by atoms with Crippen LogP contribution in [0.4, 0.5) is 4.39 Å². The largest absolute Gasteiger partial charge is 0.356 e. The van der Waals surface area contributed by atoms with Crippen molar-refractivity contribution >= 4 is 35.6 Å². The summed E-state index contributed by atoms with van der Waals surface area (Å²) in [5.41, 5.74) is -0.00522. The molecule has 4 rings (SSSR count). The number of aryl methyl sites for hydroxylation is 1. The van der Waals surface area contributed by atoms with Crippen molar-refractivity contribution in [2.45, 2.75) is 70.9 Å². The molecular weight excluding hydrogens is 485 g/mol. The van der Waals surface area contributed by atoms with Crippen molar-refractivity contribution in [1.82, 2.24) is 15.5 Å². The number of aldehydes is 1. The summed E-state index contributed by atoms with van der Waals surface area (Å²) in [6.07, 6.45) is 5.44. The maximum absolute atomic E-state index is 13.9. The standard InChI is InChI=1S/C27H35ClFN3O4/c1-27(2,10-8-16-6-7-21(28)22(29)12-16)26(36)32-14-18-4-3-5-20(18)23(32)25(35)31-19(15-33)13-17-9-11-30-24(17)34/h6-7,12,15,17-20,23H,3-5,8-11,13-14H2,1-2H3,(H,30,34)(H,31,35)/t17-,18-,19-,20+,23?/m0/s1. The molecule has 1 unspecified atom stereocenters. The fourth-order valence-corrected chi connectivity index (χ4v) is 6.21. The lowest BCUT2D eigenvalue weighted by atomic mass is 9.84. The van der Waals surface area contributed by atoms with Gasteiger partial charge < -0.3 is 20.3 Å². The van der Waals surface area contributed by atoms with Gasteiger partial charge in [-0.3, -0.25) is 14.4 Å². The van der Waals surface area contributed by atoms with Gasteiger partial charge in [0.1, 0.15) is 18.1 Å². The van der Waals surface area contributed by atoms with Crippen LogP contribution in [0.15, 0.2) is 18.2 Å². The molecule has 3 fully saturated rings. The molecule has 1 aliphatic carbocycles. The van der Waals surface area contributed by atoms with Gasteiger partial charge in [-0.1, -0.05) is 37.9 Å². The predicted molar refractivity (Wildman–Crippen MR) is 134 cm³/mol. The molecular formula is C27H35ClFN3O4. The van der Waals surface area contributed by atoms with Gasteiger partial charge >= 0.3 is 0 Å². The molecule has 0 radical (unpaired) electrons. The minimum Gasteiger partial charge on any atom is -0.356 e. The average Bonchev–Trinajstić information content (AvgIpc) is 3.55. The molecule has 0 bridgehead atoms. The summed E-state index contributed by atoms with van der Waals surface area (Å²) in [6, 6.07) is 3.27. The van der Waals surface area contributed by atoms with E-state index in [0.717, 1.165) is 24.8 Å². The number of amides is 3. The van der Waals surface area contributed by atoms with E-state index in [4.69, 9.17) is 11.6 Å². The number of rotatable bonds is 9. The van der Waals surface area contributed by atoms with E-state index in [1.54, 1.807) is 11.0 Å². The molecule has 9 heteroatoms. The molecule has 3 amide bonds. The van der Waals surface area contributed by atoms with Gasteiger partial charge in [0.2, 0.25) is 17.7 Å². The Hall–Kier alpha value is -2.48. The van der Waals surface area contributed by atoms with Crippen molar-refractivity contribution in [3.8, 4) is 0 Å². The summed E-state index contributed by atoms with van der Waals surface area (Å²) in [5.74, 6) is -0.960. The van der Waals surface area contributed by atoms with Crippen molar-refractivity contribution in [3.05, 3.63) is 34.6 Å². The zero-order valence-electron chi connectivity index (χ0n) is 20.9. The molecule has 36 heavy (non-hydrogen) atoms. The Balaban J connectivity index is 1.45. The lowest BCUT2D eigenvalue weighted by molar-refractivity contribution is -0.147. The van der Waals surface area contributed by atoms with Gasteiger partial charge in [-0.15, -0.1) is 0 Å². The van der Waals surface area contributed by atoms with Gasteiger partial charge in [0.05, 0.1) is 11.1 Å². The second-order valence-electron chi connectivity index (χ2n) is 11.2. The number of hydrogen-bond donors (Lipinski definition) is 2. The molecule has 1 saturated carbocycles. The first-order chi connectivity index (χ1) is 17.1. The maximum Gasteiger partial charge on any atom is 0.243 e. The lowest BCUT2D eigenvalue weighted by Crippen LogP contribution is -2.54. The highest BCUT2D eigenvalue weighted by Gasteiger charge is 2.51. The zero-order chi connectivity index (χ0) is 26.0. The summed E-state index contributed by atoms with van der Waals surface area (Å²) >= 11 is 5.79. The van der Waals surface area contributed by atoms with Crippen LogP contribution in [0.2, 0.25) is 5.02 Å². The second-order valence-corrected chi connectivity index (χ2v) is 11.6. The first kappa shape index (κ1) is 26.6. The Bertz CT molecular complexity index is 1030. The fourth-order valence-electron chi connectivity index (χ4n) is 6.09. The third-order valence-electron chi connectivity index (χ3n) is 8.21. The third-order valence-corrected chi connectivity index (χ3v) is 8.52. The number of nitrogens with zero attached hydrogens (tertiary/aromatic N) is 1. The van der Waals surface area contributed by atoms with Gasteiger partial charge in [0.25, 0.3) is 0 Å². The van der Waals surface area contributed by atoms with Crippen molar-refractivity contribution in [3.63, 3.8) is 0 Å². The first-order valence-corrected chi connectivity index (χ1v) is 13.3. The van der Waals surface area contributed by atoms with Crippen molar-refractivity contribution in [2.24, 2.45) is 23.2 Å². The summed E-state index contributed by atoms with van der Waals surface area (Å²) in [7, 11) is 0. The Labute approximate surface area is 216 Å². The van der Waals surface area contributed by atoms with E-state index >= 15 is 0 Å². The third kappa shape index (κ3) is 5.58. The molecule has 1 aromatic rings. The number of fused-ring (bicyclic) bond motifs is 1. The molecule has 2 saturated heterocycles. The Morgan fingerprint density at radius 1 is 1.31 bits per heavy atom. The normalized spacial score (nSPS) is 26.4. The van der Waals surface area contributed by atoms with Crippen molar-refractivity contribution in [2.75, 3.05) is 13.1 Å². The molecule has 0 aromatic heterocycles. The molecule has 196 valence electrons. The summed E-state index contributed by atoms with van der Waals surface area (Å²) in [4.78, 5) is 52.7. The van der Waals surface area contributed by atoms with Crippen LogP contribution < -0.4 is 10.6 Å². The monoisotopic (exact) mass is 519 g/mol. The number of likely N-dealkylation sites (tertiary alicyclic amines) is 1. The Morgan fingerprint density at radius 3 is 2.75 bits per heavy atom. The van der Waals surface area contributed by atoms with E-state index < -0.39 is 23.3 Å². The summed E-state index contributed by atoms with van der Waals surface area (Å²) < 4.78 is 13.9. The predicted octanol–water partition coefficient (Wildman–Crippen LogP) is 3.27. The fraction of sp³-hybridized carbons (Fsp3) is 0.630. The van der Waals surface area contributed by atoms with Gasteiger partial charge in [0.15, 0.2) is 0 Å². The second kappa shape index (κ2) is 10.9. The minimum atomic E-state index is -0.767. The number of carbonyl (C=O) groups excluding carboxylic acids is 4. The molecule has 2 N–H and O–H groups in total. The first-order valence-electron chi connectivity index (χ1n) is 12.9. The number of hydrogen-bond acceptors (Lipinski definition) is 4. The molecule has 5 atom stereocenters. The Kier molecular flexibility index (Phi) is 8.03. The molecule has 2 heterocycles. The van der Waals surface area contributed by atoms with E-state index in [0.29, 0.717) is 38.6 Å². The Morgan fingerprint density at radius 2 is 2.08 bits per heavy atom. The van der Waals surface area contributed by atoms with E-state index in [1.165, 1.54) is 12.1 Å². The smallest absolute Gasteiger partial charge is 0.243 e. The van der Waals surface area contributed by atoms with Gasteiger partial charge in [-0.25, -0.2) is 4.39 Å². The van der Waals surface area contributed by atoms with E-state index in [1.807, 2.05) is 13.8 Å². The number of nitrogens with one attached hydrogen (secondary N) is 2. The highest BCUT2D eigenvalue weighted by atomic mass is 35.5. The van der Waals surface area contributed by atoms with Crippen molar-refractivity contribution < 1.29 is 23.6 Å². The van der Waals surface area contributed by atoms with E-state index in [9.17, 15) is 23.6 Å². The molecule has 2 aliphatic heterocycles. The molecule has 3 aliphatic rings. The van der Waals surface area contributed by atoms with E-state index in [-0.39, 0.29) is 46.9 Å². The zero-order valence-corrected chi connectivity index (χ0v) is 21.7. The SMILES string of the molecule is CC(C)(CCc1ccc(Cl)c(F)c1)C(=O)N1C[C@@H]2CCC[C@H]2C1C(=O)N[C@H](C=O)C[C@@H]1CCNC1=O. The summed E-state index contributed by atoms with van der Waals surface area (Å²) in [6.45, 7) is 4.82. The topological polar surface area (TPSA) is 95.6 Å². The minimum absolute atomic E-state index is 0.0636. The summed E-state index contributed by atoms with van der Waals surface area (Å²) in [5, 5.41) is 5.66. The van der Waals surface area contributed by atoms with Crippen LogP contribution in [0.3, 0.4) is 0 Å². The van der Waals surface area contributed by atoms with Crippen LogP contribution >= 0.6 is 11.6 Å². The van der Waals surface area contributed by atoms with Gasteiger partial charge in [-0.2, -0.15) is 0 Å². The quantitative estimate of drug-likeness (QED) is 0.489. The van der Waals surface area contributed by atoms with Crippen molar-refractivity contribution in [1.29, 1.82) is 0 Å². The van der Waals surface area contributed by atoms with Crippen LogP contribution in [-0.4, -0.2) is 54.1 Å². The number of halogens is 2. The van der Waals surface area contributed by atoms with Gasteiger partial charge in [-0.05, 0) is 68.1 Å². The number of benzene rings is 1. The molecule has 0 spiro atoms. The van der Waals surface area contributed by atoms with E-state index in [2.05, 4.69) is 10.6 Å². The van der Waals surface area contributed by atoms with Crippen LogP contribution in [0.5, 0.6) is 0 Å². The highest BCUT2D eigenvalue weighted by Crippen LogP contribution is 2.44.